The number of nitriles is 1. The number of ether oxygens (including phenoxy) is 2. The van der Waals surface area contributed by atoms with Crippen LogP contribution in [0.1, 0.15) is 27.8 Å². The maximum absolute atomic E-state index is 13.1. The Kier molecular flexibility index (Phi) is 11.9. The van der Waals surface area contributed by atoms with E-state index in [1.54, 1.807) is 66.9 Å². The van der Waals surface area contributed by atoms with Gasteiger partial charge in [0.2, 0.25) is 11.8 Å². The van der Waals surface area contributed by atoms with E-state index >= 15 is 0 Å². The molecule has 1 amide bonds. The van der Waals surface area contributed by atoms with Crippen LogP contribution >= 0.6 is 11.6 Å². The second kappa shape index (κ2) is 17.3. The number of carbonyl (C=O) groups is 1. The number of amides is 1. The zero-order valence-corrected chi connectivity index (χ0v) is 28.7. The Balaban J connectivity index is 0.909. The number of benzene rings is 4. The molecule has 4 aromatic carbocycles. The number of aromatic nitrogens is 1. The highest BCUT2D eigenvalue weighted by Gasteiger charge is 2.19. The largest absolute Gasteiger partial charge is 0.487 e. The molecular weight excluding hydrogens is 665 g/mol. The summed E-state index contributed by atoms with van der Waals surface area (Å²) in [6.45, 7) is 4.90. The molecule has 1 N–H and O–H groups in total. The van der Waals surface area contributed by atoms with Gasteiger partial charge in [-0.2, -0.15) is 5.26 Å². The molecule has 0 saturated carbocycles. The molecule has 1 aromatic heterocycles. The van der Waals surface area contributed by atoms with Crippen LogP contribution in [0.25, 0.3) is 6.08 Å². The molecule has 0 atom stereocenters. The molecule has 8 nitrogen and oxygen atoms in total. The van der Waals surface area contributed by atoms with Gasteiger partial charge in [-0.3, -0.25) is 9.69 Å². The maximum atomic E-state index is 13.1. The second-order valence-corrected chi connectivity index (χ2v) is 12.6. The number of pyridine rings is 1. The van der Waals surface area contributed by atoms with Gasteiger partial charge in [0.05, 0.1) is 22.9 Å². The third-order valence-electron chi connectivity index (χ3n) is 8.49. The lowest BCUT2D eigenvalue weighted by molar-refractivity contribution is -0.127. The summed E-state index contributed by atoms with van der Waals surface area (Å²) >= 11 is 6.51. The van der Waals surface area contributed by atoms with E-state index < -0.39 is 0 Å². The lowest BCUT2D eigenvalue weighted by Crippen LogP contribution is -2.47. The van der Waals surface area contributed by atoms with Gasteiger partial charge in [-0.1, -0.05) is 54.1 Å². The lowest BCUT2D eigenvalue weighted by Gasteiger charge is -2.34. The van der Waals surface area contributed by atoms with Crippen molar-refractivity contribution in [2.45, 2.75) is 19.6 Å². The summed E-state index contributed by atoms with van der Waals surface area (Å²) in [4.78, 5) is 21.5. The fourth-order valence-corrected chi connectivity index (χ4v) is 5.79. The average Bonchev–Trinajstić information content (AvgIpc) is 3.16. The lowest BCUT2D eigenvalue weighted by atomic mass is 10.1. The highest BCUT2D eigenvalue weighted by atomic mass is 35.5. The van der Waals surface area contributed by atoms with E-state index in [0.29, 0.717) is 47.7 Å². The quantitative estimate of drug-likeness (QED) is 0.124. The van der Waals surface area contributed by atoms with E-state index in [-0.39, 0.29) is 11.7 Å². The molecule has 0 aliphatic carbocycles. The SMILES string of the molecule is N#Cc1ccc(COc2ccc(Oc3ccc(/C=C/C(=O)N4CCN(Cc5ccc(CCNc6ccc(F)cc6)cc5)CC4)cc3Cl)nc2)cc1. The smallest absolute Gasteiger partial charge is 0.246 e. The number of hydrogen-bond acceptors (Lipinski definition) is 7. The van der Waals surface area contributed by atoms with E-state index in [0.717, 1.165) is 49.4 Å². The van der Waals surface area contributed by atoms with E-state index in [1.165, 1.54) is 23.3 Å². The summed E-state index contributed by atoms with van der Waals surface area (Å²) in [5.74, 6) is 1.13. The molecule has 51 heavy (non-hydrogen) atoms. The van der Waals surface area contributed by atoms with Gasteiger partial charge in [0.1, 0.15) is 23.9 Å². The number of anilines is 1. The van der Waals surface area contributed by atoms with E-state index in [1.807, 2.05) is 23.1 Å². The predicted molar refractivity (Wildman–Crippen MR) is 197 cm³/mol. The molecule has 0 unspecified atom stereocenters. The molecule has 5 aromatic rings. The van der Waals surface area contributed by atoms with Gasteiger partial charge in [-0.25, -0.2) is 9.37 Å². The minimum absolute atomic E-state index is 0.0320. The fourth-order valence-electron chi connectivity index (χ4n) is 5.56. The summed E-state index contributed by atoms with van der Waals surface area (Å²) in [6, 6.07) is 33.2. The third kappa shape index (κ3) is 10.4. The van der Waals surface area contributed by atoms with Gasteiger partial charge >= 0.3 is 0 Å². The molecule has 0 bridgehead atoms. The minimum atomic E-state index is -0.236. The predicted octanol–water partition coefficient (Wildman–Crippen LogP) is 8.13. The Morgan fingerprint density at radius 3 is 2.31 bits per heavy atom. The maximum Gasteiger partial charge on any atom is 0.246 e. The van der Waals surface area contributed by atoms with Crippen molar-refractivity contribution < 1.29 is 18.7 Å². The number of nitrogens with zero attached hydrogens (tertiary/aromatic N) is 4. The first-order chi connectivity index (χ1) is 24.9. The molecule has 1 saturated heterocycles. The van der Waals surface area contributed by atoms with Crippen LogP contribution in [0.15, 0.2) is 115 Å². The van der Waals surface area contributed by atoms with E-state index in [9.17, 15) is 9.18 Å². The van der Waals surface area contributed by atoms with Crippen LogP contribution in [0.4, 0.5) is 10.1 Å². The number of hydrogen-bond donors (Lipinski definition) is 1. The molecule has 0 spiro atoms. The Morgan fingerprint density at radius 1 is 0.902 bits per heavy atom. The Bertz CT molecular complexity index is 1970. The normalized spacial score (nSPS) is 13.2. The second-order valence-electron chi connectivity index (χ2n) is 12.2. The summed E-state index contributed by atoms with van der Waals surface area (Å²) in [7, 11) is 0. The van der Waals surface area contributed by atoms with Crippen molar-refractivity contribution in [3.05, 3.63) is 154 Å². The fraction of sp³-hybridized carbons (Fsp3) is 0.195. The minimum Gasteiger partial charge on any atom is -0.487 e. The van der Waals surface area contributed by atoms with Crippen LogP contribution in [0.5, 0.6) is 17.4 Å². The Labute approximate surface area is 302 Å². The molecule has 10 heteroatoms. The van der Waals surface area contributed by atoms with Crippen molar-refractivity contribution in [2.75, 3.05) is 38.0 Å². The average molecular weight is 702 g/mol. The van der Waals surface area contributed by atoms with Crippen molar-refractivity contribution in [1.82, 2.24) is 14.8 Å². The van der Waals surface area contributed by atoms with E-state index in [2.05, 4.69) is 45.5 Å². The first-order valence-electron chi connectivity index (χ1n) is 16.7. The van der Waals surface area contributed by atoms with Crippen LogP contribution in [-0.4, -0.2) is 53.4 Å². The van der Waals surface area contributed by atoms with Gasteiger partial charge in [-0.05, 0) is 89.3 Å². The summed E-state index contributed by atoms with van der Waals surface area (Å²) in [5, 5.41) is 12.7. The summed E-state index contributed by atoms with van der Waals surface area (Å²) < 4.78 is 24.7. The van der Waals surface area contributed by atoms with Crippen molar-refractivity contribution in [2.24, 2.45) is 0 Å². The topological polar surface area (TPSA) is 90.7 Å². The number of nitrogens with one attached hydrogen (secondary N) is 1. The Hall–Kier alpha value is -5.69. The third-order valence-corrected chi connectivity index (χ3v) is 8.78. The van der Waals surface area contributed by atoms with Crippen LogP contribution in [0.3, 0.4) is 0 Å². The van der Waals surface area contributed by atoms with Crippen molar-refractivity contribution in [3.8, 4) is 23.4 Å². The highest BCUT2D eigenvalue weighted by molar-refractivity contribution is 6.32. The molecule has 1 aliphatic rings. The first-order valence-corrected chi connectivity index (χ1v) is 17.1. The molecule has 0 radical (unpaired) electrons. The standard InChI is InChI=1S/C41H37ClFN5O3/c42-38-25-31(9-16-39(38)51-40-17-15-37(27-46-40)50-29-34-7-3-32(26-44)4-8-34)10-18-41(49)48-23-21-47(22-24-48)28-33-5-1-30(2-6-33)19-20-45-36-13-11-35(43)12-14-36/h1-18,25,27,45H,19-24,28-29H2/b18-10+. The van der Waals surface area contributed by atoms with Gasteiger partial charge < -0.3 is 19.7 Å². The monoisotopic (exact) mass is 701 g/mol. The van der Waals surface area contributed by atoms with Crippen LogP contribution < -0.4 is 14.8 Å². The van der Waals surface area contributed by atoms with Crippen LogP contribution in [0.2, 0.25) is 5.02 Å². The molecule has 258 valence electrons. The van der Waals surface area contributed by atoms with E-state index in [4.69, 9.17) is 26.3 Å². The zero-order chi connectivity index (χ0) is 35.4. The van der Waals surface area contributed by atoms with Crippen molar-refractivity contribution in [3.63, 3.8) is 0 Å². The molecule has 1 aliphatic heterocycles. The van der Waals surface area contributed by atoms with Gasteiger partial charge in [0, 0.05) is 57.1 Å². The van der Waals surface area contributed by atoms with Gasteiger partial charge in [0.25, 0.3) is 0 Å². The first kappa shape index (κ1) is 35.1. The molecule has 6 rings (SSSR count). The number of piperazine rings is 1. The number of carbonyl (C=O) groups excluding carboxylic acids is 1. The summed E-state index contributed by atoms with van der Waals surface area (Å²) in [5.41, 5.74) is 5.73. The molecular formula is C41H37ClFN5O3. The zero-order valence-electron chi connectivity index (χ0n) is 28.0. The Morgan fingerprint density at radius 2 is 1.63 bits per heavy atom. The van der Waals surface area contributed by atoms with Crippen LogP contribution in [-0.2, 0) is 24.4 Å². The number of rotatable bonds is 13. The van der Waals surface area contributed by atoms with Crippen LogP contribution in [0, 0.1) is 17.1 Å². The van der Waals surface area contributed by atoms with Crippen molar-refractivity contribution >= 4 is 29.3 Å². The molecule has 2 heterocycles. The van der Waals surface area contributed by atoms with Crippen molar-refractivity contribution in [1.29, 1.82) is 5.26 Å². The van der Waals surface area contributed by atoms with Gasteiger partial charge in [-0.15, -0.1) is 0 Å². The van der Waals surface area contributed by atoms with Gasteiger partial charge in [0.15, 0.2) is 0 Å². The molecule has 1 fully saturated rings. The highest BCUT2D eigenvalue weighted by Crippen LogP contribution is 2.30. The number of halogens is 2. The summed E-state index contributed by atoms with van der Waals surface area (Å²) in [6.07, 6.45) is 5.80.